The maximum absolute atomic E-state index is 13.1. The summed E-state index contributed by atoms with van der Waals surface area (Å²) in [6.45, 7) is 0.0410. The zero-order valence-corrected chi connectivity index (χ0v) is 20.1. The largest absolute Gasteiger partial charge is 0.497 e. The van der Waals surface area contributed by atoms with E-state index in [1.54, 1.807) is 30.3 Å². The Bertz CT molecular complexity index is 1100. The van der Waals surface area contributed by atoms with E-state index in [9.17, 15) is 14.4 Å². The van der Waals surface area contributed by atoms with Gasteiger partial charge in [-0.05, 0) is 23.3 Å². The predicted molar refractivity (Wildman–Crippen MR) is 133 cm³/mol. The quantitative estimate of drug-likeness (QED) is 0.388. The van der Waals surface area contributed by atoms with Crippen molar-refractivity contribution in [3.63, 3.8) is 0 Å². The van der Waals surface area contributed by atoms with Gasteiger partial charge in [0.2, 0.25) is 5.91 Å². The van der Waals surface area contributed by atoms with Crippen LogP contribution in [0.2, 0.25) is 0 Å². The van der Waals surface area contributed by atoms with Crippen LogP contribution in [-0.4, -0.2) is 38.2 Å². The second-order valence-corrected chi connectivity index (χ2v) is 7.66. The summed E-state index contributed by atoms with van der Waals surface area (Å²) in [6.07, 6.45) is -1.27. The highest BCUT2D eigenvalue weighted by Crippen LogP contribution is 2.29. The Balaban J connectivity index is 1.69. The molecule has 3 aromatic rings. The number of alkyl carbamates (subject to hydrolysis) is 1. The van der Waals surface area contributed by atoms with Crippen molar-refractivity contribution in [1.82, 2.24) is 5.32 Å². The smallest absolute Gasteiger partial charge is 0.408 e. The van der Waals surface area contributed by atoms with E-state index < -0.39 is 30.4 Å². The first-order valence-corrected chi connectivity index (χ1v) is 11.2. The van der Waals surface area contributed by atoms with Crippen molar-refractivity contribution < 1.29 is 33.3 Å². The molecule has 0 heterocycles. The van der Waals surface area contributed by atoms with Crippen LogP contribution in [0, 0.1) is 0 Å². The van der Waals surface area contributed by atoms with Crippen LogP contribution >= 0.6 is 0 Å². The standard InChI is InChI=1S/C27H28N2O7/c1-33-21-13-14-24(34-2)22(15-21)28-26(31)23(16-25(30)35-17-19-9-5-3-6-10-19)29-27(32)36-18-20-11-7-4-8-12-20/h3-15,23H,16-18H2,1-2H3,(H,28,31)(H,29,32)/t23-/m1/s1. The van der Waals surface area contributed by atoms with E-state index in [1.165, 1.54) is 14.2 Å². The van der Waals surface area contributed by atoms with Gasteiger partial charge in [0, 0.05) is 6.07 Å². The Kier molecular flexibility index (Phi) is 9.69. The first-order chi connectivity index (χ1) is 17.5. The van der Waals surface area contributed by atoms with Crippen molar-refractivity contribution in [3.05, 3.63) is 90.0 Å². The van der Waals surface area contributed by atoms with E-state index in [-0.39, 0.29) is 13.2 Å². The highest BCUT2D eigenvalue weighted by atomic mass is 16.5. The van der Waals surface area contributed by atoms with Gasteiger partial charge in [0.1, 0.15) is 30.8 Å². The molecule has 0 saturated carbocycles. The number of benzene rings is 3. The molecule has 2 N–H and O–H groups in total. The molecule has 9 nitrogen and oxygen atoms in total. The Morgan fingerprint density at radius 3 is 1.97 bits per heavy atom. The van der Waals surface area contributed by atoms with Gasteiger partial charge in [-0.15, -0.1) is 0 Å². The van der Waals surface area contributed by atoms with Crippen LogP contribution in [0.5, 0.6) is 11.5 Å². The summed E-state index contributed by atoms with van der Waals surface area (Å²) in [4.78, 5) is 38.1. The molecule has 0 spiro atoms. The van der Waals surface area contributed by atoms with E-state index in [0.717, 1.165) is 11.1 Å². The third-order valence-electron chi connectivity index (χ3n) is 5.10. The van der Waals surface area contributed by atoms with Crippen LogP contribution in [0.25, 0.3) is 0 Å². The predicted octanol–water partition coefficient (Wildman–Crippen LogP) is 4.07. The molecule has 0 aromatic heterocycles. The molecule has 0 saturated heterocycles. The Hall–Kier alpha value is -4.53. The van der Waals surface area contributed by atoms with Crippen molar-refractivity contribution in [2.45, 2.75) is 25.7 Å². The van der Waals surface area contributed by atoms with Gasteiger partial charge in [0.15, 0.2) is 0 Å². The molecule has 36 heavy (non-hydrogen) atoms. The minimum atomic E-state index is -1.27. The minimum absolute atomic E-state index is 0.00315. The summed E-state index contributed by atoms with van der Waals surface area (Å²) in [5.41, 5.74) is 1.88. The van der Waals surface area contributed by atoms with Crippen LogP contribution < -0.4 is 20.1 Å². The zero-order valence-electron chi connectivity index (χ0n) is 20.1. The van der Waals surface area contributed by atoms with Gasteiger partial charge in [-0.25, -0.2) is 4.79 Å². The number of hydrogen-bond acceptors (Lipinski definition) is 7. The lowest BCUT2D eigenvalue weighted by Crippen LogP contribution is -2.45. The molecule has 1 atom stereocenters. The first-order valence-electron chi connectivity index (χ1n) is 11.2. The molecular weight excluding hydrogens is 464 g/mol. The maximum Gasteiger partial charge on any atom is 0.408 e. The monoisotopic (exact) mass is 492 g/mol. The highest BCUT2D eigenvalue weighted by Gasteiger charge is 2.26. The molecule has 3 aromatic carbocycles. The molecule has 0 unspecified atom stereocenters. The third kappa shape index (κ3) is 8.05. The number of rotatable bonds is 11. The first kappa shape index (κ1) is 26.1. The summed E-state index contributed by atoms with van der Waals surface area (Å²) in [5.74, 6) is -0.462. The van der Waals surface area contributed by atoms with Crippen LogP contribution in [0.4, 0.5) is 10.5 Å². The lowest BCUT2D eigenvalue weighted by atomic mass is 10.1. The average Bonchev–Trinajstić information content (AvgIpc) is 2.91. The van der Waals surface area contributed by atoms with Crippen LogP contribution in [0.1, 0.15) is 17.5 Å². The summed E-state index contributed by atoms with van der Waals surface area (Å²) < 4.78 is 21.0. The number of carbonyl (C=O) groups is 3. The molecule has 9 heteroatoms. The normalized spacial score (nSPS) is 11.1. The maximum atomic E-state index is 13.1. The fraction of sp³-hybridized carbons (Fsp3) is 0.222. The van der Waals surface area contributed by atoms with Gasteiger partial charge in [-0.1, -0.05) is 60.7 Å². The fourth-order valence-electron chi connectivity index (χ4n) is 3.21. The third-order valence-corrected chi connectivity index (χ3v) is 5.10. The number of anilines is 1. The molecular formula is C27H28N2O7. The number of esters is 1. The molecule has 0 radical (unpaired) electrons. The van der Waals surface area contributed by atoms with Crippen molar-refractivity contribution in [2.75, 3.05) is 19.5 Å². The van der Waals surface area contributed by atoms with E-state index in [0.29, 0.717) is 17.2 Å². The van der Waals surface area contributed by atoms with Gasteiger partial charge >= 0.3 is 12.1 Å². The fourth-order valence-corrected chi connectivity index (χ4v) is 3.21. The van der Waals surface area contributed by atoms with Crippen molar-refractivity contribution in [1.29, 1.82) is 0 Å². The van der Waals surface area contributed by atoms with E-state index >= 15 is 0 Å². The van der Waals surface area contributed by atoms with Crippen LogP contribution in [0.15, 0.2) is 78.9 Å². The minimum Gasteiger partial charge on any atom is -0.497 e. The molecule has 188 valence electrons. The van der Waals surface area contributed by atoms with Gasteiger partial charge in [-0.2, -0.15) is 0 Å². The Morgan fingerprint density at radius 2 is 1.39 bits per heavy atom. The van der Waals surface area contributed by atoms with Crippen molar-refractivity contribution >= 4 is 23.7 Å². The second kappa shape index (κ2) is 13.4. The number of nitrogens with one attached hydrogen (secondary N) is 2. The highest BCUT2D eigenvalue weighted by molar-refractivity contribution is 5.99. The number of carbonyl (C=O) groups excluding carboxylic acids is 3. The number of ether oxygens (including phenoxy) is 4. The van der Waals surface area contributed by atoms with E-state index in [2.05, 4.69) is 10.6 Å². The van der Waals surface area contributed by atoms with Gasteiger partial charge in [0.25, 0.3) is 0 Å². The van der Waals surface area contributed by atoms with Gasteiger partial charge in [-0.3, -0.25) is 9.59 Å². The molecule has 0 fully saturated rings. The SMILES string of the molecule is COc1ccc(OC)c(NC(=O)[C@@H](CC(=O)OCc2ccccc2)NC(=O)OCc2ccccc2)c1. The van der Waals surface area contributed by atoms with Crippen molar-refractivity contribution in [2.24, 2.45) is 0 Å². The number of amides is 2. The zero-order chi connectivity index (χ0) is 25.8. The average molecular weight is 493 g/mol. The van der Waals surface area contributed by atoms with E-state index in [1.807, 2.05) is 48.5 Å². The van der Waals surface area contributed by atoms with Gasteiger partial charge in [0.05, 0.1) is 26.3 Å². The molecule has 3 rings (SSSR count). The van der Waals surface area contributed by atoms with E-state index in [4.69, 9.17) is 18.9 Å². The topological polar surface area (TPSA) is 112 Å². The van der Waals surface area contributed by atoms with Crippen LogP contribution in [0.3, 0.4) is 0 Å². The molecule has 2 amide bonds. The Morgan fingerprint density at radius 1 is 0.778 bits per heavy atom. The lowest BCUT2D eigenvalue weighted by molar-refractivity contribution is -0.146. The second-order valence-electron chi connectivity index (χ2n) is 7.66. The summed E-state index contributed by atoms with van der Waals surface area (Å²) in [6, 6.07) is 21.8. The van der Waals surface area contributed by atoms with Gasteiger partial charge < -0.3 is 29.6 Å². The summed E-state index contributed by atoms with van der Waals surface area (Å²) in [5, 5.41) is 5.13. The summed E-state index contributed by atoms with van der Waals surface area (Å²) >= 11 is 0. The molecule has 0 aliphatic carbocycles. The lowest BCUT2D eigenvalue weighted by Gasteiger charge is -2.19. The van der Waals surface area contributed by atoms with Crippen molar-refractivity contribution in [3.8, 4) is 11.5 Å². The Labute approximate surface area is 209 Å². The number of hydrogen-bond donors (Lipinski definition) is 2. The summed E-state index contributed by atoms with van der Waals surface area (Å²) in [7, 11) is 2.94. The number of methoxy groups -OCH3 is 2. The van der Waals surface area contributed by atoms with Crippen LogP contribution in [-0.2, 0) is 32.3 Å². The molecule has 0 bridgehead atoms. The molecule has 0 aliphatic heterocycles. The molecule has 0 aliphatic rings.